The number of hydrogen-bond acceptors (Lipinski definition) is 4. The summed E-state index contributed by atoms with van der Waals surface area (Å²) in [6.45, 7) is 4.27. The average molecular weight is 290 g/mol. The molecule has 1 fully saturated rings. The number of halogens is 1. The van der Waals surface area contributed by atoms with Crippen LogP contribution in [-0.4, -0.2) is 29.7 Å². The molecule has 1 aliphatic heterocycles. The van der Waals surface area contributed by atoms with Gasteiger partial charge in [0.1, 0.15) is 16.6 Å². The van der Waals surface area contributed by atoms with Gasteiger partial charge < -0.3 is 9.64 Å². The Bertz CT molecular complexity index is 593. The Labute approximate surface area is 123 Å². The number of hydrogen-bond donors (Lipinski definition) is 0. The van der Waals surface area contributed by atoms with Crippen LogP contribution in [0.5, 0.6) is 0 Å². The third kappa shape index (κ3) is 2.62. The minimum atomic E-state index is -0.344. The Morgan fingerprint density at radius 3 is 2.80 bits per heavy atom. The number of aromatic nitrogens is 2. The second-order valence-electron chi connectivity index (χ2n) is 5.07. The van der Waals surface area contributed by atoms with Crippen LogP contribution in [0.15, 0.2) is 42.7 Å². The van der Waals surface area contributed by atoms with Gasteiger partial charge in [0.25, 0.3) is 0 Å². The number of nitrogens with zero attached hydrogens (tertiary/aromatic N) is 3. The molecule has 5 heteroatoms. The minimum Gasteiger partial charge on any atom is -0.367 e. The van der Waals surface area contributed by atoms with E-state index in [0.717, 1.165) is 18.9 Å². The summed E-state index contributed by atoms with van der Waals surface area (Å²) in [7, 11) is 0. The largest absolute Gasteiger partial charge is 0.367 e. The van der Waals surface area contributed by atoms with Crippen molar-refractivity contribution in [3.05, 3.63) is 53.4 Å². The summed E-state index contributed by atoms with van der Waals surface area (Å²) in [5, 5.41) is 0.412. The average Bonchev–Trinajstić information content (AvgIpc) is 2.48. The van der Waals surface area contributed by atoms with Crippen LogP contribution in [-0.2, 0) is 10.3 Å². The zero-order valence-electron chi connectivity index (χ0n) is 11.3. The van der Waals surface area contributed by atoms with Crippen LogP contribution in [0.1, 0.15) is 12.5 Å². The number of rotatable bonds is 2. The zero-order chi connectivity index (χ0) is 14.0. The molecule has 1 aromatic heterocycles. The van der Waals surface area contributed by atoms with Gasteiger partial charge in [0.2, 0.25) is 0 Å². The predicted octanol–water partition coefficient (Wildman–Crippen LogP) is 2.88. The normalized spacial score (nSPS) is 22.8. The summed E-state index contributed by atoms with van der Waals surface area (Å²) < 4.78 is 6.01. The van der Waals surface area contributed by atoms with E-state index in [9.17, 15) is 0 Å². The van der Waals surface area contributed by atoms with Gasteiger partial charge in [-0.05, 0) is 12.5 Å². The summed E-state index contributed by atoms with van der Waals surface area (Å²) in [6.07, 6.45) is 3.28. The quantitative estimate of drug-likeness (QED) is 0.852. The molecule has 1 atom stereocenters. The Balaban J connectivity index is 1.87. The van der Waals surface area contributed by atoms with Crippen molar-refractivity contribution in [1.29, 1.82) is 0 Å². The van der Waals surface area contributed by atoms with Crippen LogP contribution in [0, 0.1) is 0 Å². The molecule has 1 aliphatic rings. The van der Waals surface area contributed by atoms with E-state index in [-0.39, 0.29) is 5.60 Å². The molecule has 1 unspecified atom stereocenters. The van der Waals surface area contributed by atoms with Crippen LogP contribution < -0.4 is 4.90 Å². The summed E-state index contributed by atoms with van der Waals surface area (Å²) >= 11 is 5.92. The maximum absolute atomic E-state index is 6.01. The van der Waals surface area contributed by atoms with E-state index >= 15 is 0 Å². The fourth-order valence-corrected chi connectivity index (χ4v) is 2.66. The highest BCUT2D eigenvalue weighted by atomic mass is 35.5. The Hall–Kier alpha value is -1.65. The monoisotopic (exact) mass is 289 g/mol. The van der Waals surface area contributed by atoms with Gasteiger partial charge in [-0.15, -0.1) is 0 Å². The first-order chi connectivity index (χ1) is 9.67. The van der Waals surface area contributed by atoms with Crippen LogP contribution in [0.3, 0.4) is 0 Å². The van der Waals surface area contributed by atoms with E-state index < -0.39 is 0 Å². The fourth-order valence-electron chi connectivity index (χ4n) is 2.52. The van der Waals surface area contributed by atoms with E-state index in [1.165, 1.54) is 5.56 Å². The molecule has 1 saturated heterocycles. The molecule has 0 spiro atoms. The third-order valence-corrected chi connectivity index (χ3v) is 3.76. The van der Waals surface area contributed by atoms with Crippen LogP contribution in [0.4, 0.5) is 5.82 Å². The molecule has 0 bridgehead atoms. The van der Waals surface area contributed by atoms with Crippen molar-refractivity contribution >= 4 is 17.4 Å². The van der Waals surface area contributed by atoms with Crippen molar-refractivity contribution in [2.24, 2.45) is 0 Å². The van der Waals surface area contributed by atoms with Gasteiger partial charge in [0.05, 0.1) is 25.5 Å². The Morgan fingerprint density at radius 2 is 2.05 bits per heavy atom. The smallest absolute Gasteiger partial charge is 0.149 e. The van der Waals surface area contributed by atoms with E-state index in [1.807, 2.05) is 18.2 Å². The highest BCUT2D eigenvalue weighted by Gasteiger charge is 2.34. The zero-order valence-corrected chi connectivity index (χ0v) is 12.0. The van der Waals surface area contributed by atoms with Crippen molar-refractivity contribution in [1.82, 2.24) is 9.97 Å². The molecule has 0 aliphatic carbocycles. The van der Waals surface area contributed by atoms with Crippen molar-refractivity contribution in [2.45, 2.75) is 12.5 Å². The Kier molecular flexibility index (Phi) is 3.59. The van der Waals surface area contributed by atoms with Crippen molar-refractivity contribution in [3.8, 4) is 0 Å². The summed E-state index contributed by atoms with van der Waals surface area (Å²) in [5.41, 5.74) is 0.823. The molecule has 1 aromatic carbocycles. The number of ether oxygens (including phenoxy) is 1. The van der Waals surface area contributed by atoms with Gasteiger partial charge in [-0.1, -0.05) is 41.9 Å². The first-order valence-electron chi connectivity index (χ1n) is 6.59. The van der Waals surface area contributed by atoms with E-state index in [2.05, 4.69) is 33.9 Å². The first kappa shape index (κ1) is 13.3. The standard InChI is InChI=1S/C15H16ClN3O/c1-15(12-5-3-2-4-6-12)11-19(7-8-20-15)14-10-17-9-13(16)18-14/h2-6,9-10H,7-8,11H2,1H3. The van der Waals surface area contributed by atoms with Gasteiger partial charge in [-0.2, -0.15) is 0 Å². The molecular formula is C15H16ClN3O. The van der Waals surface area contributed by atoms with E-state index in [4.69, 9.17) is 16.3 Å². The number of benzene rings is 1. The van der Waals surface area contributed by atoms with Gasteiger partial charge in [0.15, 0.2) is 0 Å². The minimum absolute atomic E-state index is 0.344. The SMILES string of the molecule is CC1(c2ccccc2)CN(c2cncc(Cl)n2)CCO1. The molecule has 4 nitrogen and oxygen atoms in total. The maximum atomic E-state index is 6.01. The van der Waals surface area contributed by atoms with Crippen LogP contribution in [0.2, 0.25) is 5.15 Å². The molecule has 2 aromatic rings. The highest BCUT2D eigenvalue weighted by molar-refractivity contribution is 6.29. The van der Waals surface area contributed by atoms with Gasteiger partial charge in [-0.25, -0.2) is 4.98 Å². The van der Waals surface area contributed by atoms with Crippen molar-refractivity contribution < 1.29 is 4.74 Å². The summed E-state index contributed by atoms with van der Waals surface area (Å²) in [6, 6.07) is 10.3. The van der Waals surface area contributed by atoms with Gasteiger partial charge in [0, 0.05) is 6.54 Å². The third-order valence-electron chi connectivity index (χ3n) is 3.58. The maximum Gasteiger partial charge on any atom is 0.149 e. The lowest BCUT2D eigenvalue weighted by Gasteiger charge is -2.41. The van der Waals surface area contributed by atoms with E-state index in [0.29, 0.717) is 11.8 Å². The van der Waals surface area contributed by atoms with Crippen LogP contribution >= 0.6 is 11.6 Å². The van der Waals surface area contributed by atoms with Crippen LogP contribution in [0.25, 0.3) is 0 Å². The summed E-state index contributed by atoms with van der Waals surface area (Å²) in [5.74, 6) is 0.794. The molecule has 0 saturated carbocycles. The van der Waals surface area contributed by atoms with Crippen molar-refractivity contribution in [3.63, 3.8) is 0 Å². The molecule has 104 valence electrons. The molecule has 20 heavy (non-hydrogen) atoms. The lowest BCUT2D eigenvalue weighted by Crippen LogP contribution is -2.48. The Morgan fingerprint density at radius 1 is 1.25 bits per heavy atom. The van der Waals surface area contributed by atoms with Gasteiger partial charge >= 0.3 is 0 Å². The molecule has 0 radical (unpaired) electrons. The van der Waals surface area contributed by atoms with Crippen molar-refractivity contribution in [2.75, 3.05) is 24.6 Å². The lowest BCUT2D eigenvalue weighted by molar-refractivity contribution is -0.0468. The lowest BCUT2D eigenvalue weighted by atomic mass is 9.94. The molecule has 0 N–H and O–H groups in total. The topological polar surface area (TPSA) is 38.2 Å². The molecular weight excluding hydrogens is 274 g/mol. The first-order valence-corrected chi connectivity index (χ1v) is 6.97. The summed E-state index contributed by atoms with van der Waals surface area (Å²) in [4.78, 5) is 10.6. The fraction of sp³-hybridized carbons (Fsp3) is 0.333. The number of anilines is 1. The highest BCUT2D eigenvalue weighted by Crippen LogP contribution is 2.31. The van der Waals surface area contributed by atoms with E-state index in [1.54, 1.807) is 12.4 Å². The second kappa shape index (κ2) is 5.38. The van der Waals surface area contributed by atoms with Gasteiger partial charge in [-0.3, -0.25) is 4.98 Å². The molecule has 0 amide bonds. The molecule has 2 heterocycles. The molecule has 3 rings (SSSR count). The predicted molar refractivity (Wildman–Crippen MR) is 79.0 cm³/mol. The second-order valence-corrected chi connectivity index (χ2v) is 5.45. The number of morpholine rings is 1.